The standard InChI is InChI=1S/C10H7N3O2/c1-6-5-11-8-4-2-3-7(9(8)12-6)10(14)13-15/h2-5H,1H3. The molecule has 1 amide bonds. The fourth-order valence-corrected chi connectivity index (χ4v) is 1.34. The van der Waals surface area contributed by atoms with Crippen LogP contribution in [-0.2, 0) is 0 Å². The van der Waals surface area contributed by atoms with Gasteiger partial charge in [-0.1, -0.05) is 6.07 Å². The molecule has 74 valence electrons. The lowest BCUT2D eigenvalue weighted by atomic mass is 10.1. The molecule has 2 aromatic rings. The number of carbonyl (C=O) groups is 1. The largest absolute Gasteiger partial charge is 0.319 e. The number of hydrogen-bond donors (Lipinski definition) is 0. The first kappa shape index (κ1) is 9.39. The summed E-state index contributed by atoms with van der Waals surface area (Å²) in [5.41, 5.74) is 1.88. The third-order valence-electron chi connectivity index (χ3n) is 2.01. The number of nitroso groups, excluding NO2 is 1. The predicted molar refractivity (Wildman–Crippen MR) is 54.4 cm³/mol. The first-order chi connectivity index (χ1) is 7.22. The maximum Gasteiger partial charge on any atom is 0.319 e. The van der Waals surface area contributed by atoms with Gasteiger partial charge >= 0.3 is 5.91 Å². The summed E-state index contributed by atoms with van der Waals surface area (Å²) in [6.07, 6.45) is 1.60. The van der Waals surface area contributed by atoms with Crippen LogP contribution in [0.25, 0.3) is 11.0 Å². The molecule has 0 unspecified atom stereocenters. The number of hydrogen-bond acceptors (Lipinski definition) is 4. The molecule has 0 fully saturated rings. The average Bonchev–Trinajstić information content (AvgIpc) is 2.27. The van der Waals surface area contributed by atoms with Gasteiger partial charge in [-0.05, 0) is 19.1 Å². The lowest BCUT2D eigenvalue weighted by Gasteiger charge is -2.00. The van der Waals surface area contributed by atoms with Gasteiger partial charge in [-0.3, -0.25) is 9.78 Å². The van der Waals surface area contributed by atoms with Crippen molar-refractivity contribution in [1.29, 1.82) is 0 Å². The minimum absolute atomic E-state index is 0.193. The van der Waals surface area contributed by atoms with Gasteiger partial charge in [0.05, 0.1) is 16.8 Å². The molecule has 1 aromatic carbocycles. The molecule has 5 nitrogen and oxygen atoms in total. The molecular formula is C10H7N3O2. The van der Waals surface area contributed by atoms with Crippen LogP contribution >= 0.6 is 0 Å². The van der Waals surface area contributed by atoms with Gasteiger partial charge in [0.1, 0.15) is 5.52 Å². The minimum atomic E-state index is -0.819. The Morgan fingerprint density at radius 2 is 2.20 bits per heavy atom. The van der Waals surface area contributed by atoms with E-state index in [-0.39, 0.29) is 5.56 Å². The summed E-state index contributed by atoms with van der Waals surface area (Å²) in [7, 11) is 0. The fourth-order valence-electron chi connectivity index (χ4n) is 1.34. The average molecular weight is 201 g/mol. The molecule has 0 atom stereocenters. The molecule has 0 N–H and O–H groups in total. The van der Waals surface area contributed by atoms with Crippen molar-refractivity contribution in [3.63, 3.8) is 0 Å². The van der Waals surface area contributed by atoms with Crippen LogP contribution in [0.3, 0.4) is 0 Å². The minimum Gasteiger partial charge on any atom is -0.263 e. The highest BCUT2D eigenvalue weighted by Gasteiger charge is 2.11. The van der Waals surface area contributed by atoms with E-state index in [0.29, 0.717) is 16.7 Å². The Hall–Kier alpha value is -2.17. The van der Waals surface area contributed by atoms with Gasteiger partial charge in [0.25, 0.3) is 0 Å². The van der Waals surface area contributed by atoms with Gasteiger partial charge in [0, 0.05) is 11.4 Å². The molecule has 0 aliphatic heterocycles. The predicted octanol–water partition coefficient (Wildman–Crippen LogP) is 1.84. The number of rotatable bonds is 1. The zero-order valence-corrected chi connectivity index (χ0v) is 7.97. The van der Waals surface area contributed by atoms with Crippen molar-refractivity contribution >= 4 is 16.9 Å². The van der Waals surface area contributed by atoms with Crippen molar-refractivity contribution in [2.45, 2.75) is 6.92 Å². The van der Waals surface area contributed by atoms with Gasteiger partial charge in [-0.15, -0.1) is 4.91 Å². The number of fused-ring (bicyclic) bond motifs is 1. The zero-order chi connectivity index (χ0) is 10.8. The van der Waals surface area contributed by atoms with Gasteiger partial charge in [0.15, 0.2) is 0 Å². The Morgan fingerprint density at radius 3 is 2.93 bits per heavy atom. The summed E-state index contributed by atoms with van der Waals surface area (Å²) in [5, 5.41) is 2.38. The summed E-state index contributed by atoms with van der Waals surface area (Å²) in [6, 6.07) is 4.88. The monoisotopic (exact) mass is 201 g/mol. The number of nitrogens with zero attached hydrogens (tertiary/aromatic N) is 3. The second-order valence-corrected chi connectivity index (χ2v) is 3.08. The van der Waals surface area contributed by atoms with E-state index in [0.717, 1.165) is 0 Å². The smallest absolute Gasteiger partial charge is 0.263 e. The molecule has 5 heteroatoms. The van der Waals surface area contributed by atoms with Crippen LogP contribution in [0.1, 0.15) is 16.1 Å². The molecule has 0 aliphatic rings. The number of amides is 1. The molecule has 0 saturated heterocycles. The molecular weight excluding hydrogens is 194 g/mol. The van der Waals surface area contributed by atoms with Crippen LogP contribution in [0.15, 0.2) is 29.6 Å². The normalized spacial score (nSPS) is 10.2. The van der Waals surface area contributed by atoms with Crippen molar-refractivity contribution in [3.05, 3.63) is 40.6 Å². The second kappa shape index (κ2) is 3.53. The third-order valence-corrected chi connectivity index (χ3v) is 2.01. The Labute approximate surface area is 85.1 Å². The Kier molecular flexibility index (Phi) is 2.21. The number of benzene rings is 1. The lowest BCUT2D eigenvalue weighted by Crippen LogP contribution is -1.98. The third kappa shape index (κ3) is 1.59. The molecule has 0 saturated carbocycles. The summed E-state index contributed by atoms with van der Waals surface area (Å²) in [5.74, 6) is -0.819. The van der Waals surface area contributed by atoms with E-state index in [2.05, 4.69) is 15.1 Å². The Balaban J connectivity index is 2.79. The van der Waals surface area contributed by atoms with Gasteiger partial charge in [-0.2, -0.15) is 0 Å². The molecule has 15 heavy (non-hydrogen) atoms. The first-order valence-corrected chi connectivity index (χ1v) is 4.32. The van der Waals surface area contributed by atoms with E-state index in [9.17, 15) is 9.70 Å². The van der Waals surface area contributed by atoms with Crippen LogP contribution in [0.4, 0.5) is 0 Å². The summed E-state index contributed by atoms with van der Waals surface area (Å²) < 4.78 is 0. The maximum absolute atomic E-state index is 11.2. The highest BCUT2D eigenvalue weighted by Crippen LogP contribution is 2.15. The quantitative estimate of drug-likeness (QED) is 0.660. The van der Waals surface area contributed by atoms with Crippen LogP contribution in [0.2, 0.25) is 0 Å². The van der Waals surface area contributed by atoms with Crippen molar-refractivity contribution in [2.75, 3.05) is 0 Å². The molecule has 1 aromatic heterocycles. The van der Waals surface area contributed by atoms with Crippen LogP contribution < -0.4 is 0 Å². The van der Waals surface area contributed by atoms with E-state index in [1.54, 1.807) is 25.3 Å². The van der Waals surface area contributed by atoms with Crippen LogP contribution in [-0.4, -0.2) is 15.9 Å². The van der Waals surface area contributed by atoms with Crippen molar-refractivity contribution in [1.82, 2.24) is 9.97 Å². The number of aryl methyl sites for hydroxylation is 1. The summed E-state index contributed by atoms with van der Waals surface area (Å²) in [4.78, 5) is 29.6. The van der Waals surface area contributed by atoms with E-state index in [1.165, 1.54) is 6.07 Å². The van der Waals surface area contributed by atoms with Crippen molar-refractivity contribution < 1.29 is 4.79 Å². The van der Waals surface area contributed by atoms with Crippen molar-refractivity contribution in [3.8, 4) is 0 Å². The lowest BCUT2D eigenvalue weighted by molar-refractivity contribution is 0.100. The fraction of sp³-hybridized carbons (Fsp3) is 0.100. The number of para-hydroxylation sites is 1. The molecule has 2 rings (SSSR count). The van der Waals surface area contributed by atoms with E-state index < -0.39 is 5.91 Å². The first-order valence-electron chi connectivity index (χ1n) is 4.32. The molecule has 0 spiro atoms. The highest BCUT2D eigenvalue weighted by atomic mass is 16.3. The van der Waals surface area contributed by atoms with Gasteiger partial charge in [0.2, 0.25) is 0 Å². The van der Waals surface area contributed by atoms with Gasteiger partial charge < -0.3 is 0 Å². The number of aromatic nitrogens is 2. The zero-order valence-electron chi connectivity index (χ0n) is 7.97. The molecule has 0 bridgehead atoms. The molecule has 1 heterocycles. The summed E-state index contributed by atoms with van der Waals surface area (Å²) in [6.45, 7) is 1.77. The van der Waals surface area contributed by atoms with E-state index >= 15 is 0 Å². The van der Waals surface area contributed by atoms with Crippen molar-refractivity contribution in [2.24, 2.45) is 5.18 Å². The molecule has 0 radical (unpaired) electrons. The topological polar surface area (TPSA) is 72.3 Å². The number of carbonyl (C=O) groups excluding carboxylic acids is 1. The van der Waals surface area contributed by atoms with Gasteiger partial charge in [-0.25, -0.2) is 4.98 Å². The van der Waals surface area contributed by atoms with E-state index in [1.807, 2.05) is 0 Å². The second-order valence-electron chi connectivity index (χ2n) is 3.08. The molecule has 0 aliphatic carbocycles. The SMILES string of the molecule is Cc1cnc2cccc(C(=O)N=O)c2n1. The highest BCUT2D eigenvalue weighted by molar-refractivity contribution is 6.05. The maximum atomic E-state index is 11.2. The van der Waals surface area contributed by atoms with E-state index in [4.69, 9.17) is 0 Å². The Morgan fingerprint density at radius 1 is 1.40 bits per heavy atom. The summed E-state index contributed by atoms with van der Waals surface area (Å²) >= 11 is 0. The van der Waals surface area contributed by atoms with Crippen LogP contribution in [0.5, 0.6) is 0 Å². The Bertz CT molecular complexity index is 551. The van der Waals surface area contributed by atoms with Crippen LogP contribution in [0, 0.1) is 11.8 Å².